The van der Waals surface area contributed by atoms with Gasteiger partial charge in [-0.15, -0.1) is 0 Å². The van der Waals surface area contributed by atoms with Crippen molar-refractivity contribution in [3.05, 3.63) is 34.9 Å². The molecule has 1 fully saturated rings. The van der Waals surface area contributed by atoms with Gasteiger partial charge < -0.3 is 10.1 Å². The van der Waals surface area contributed by atoms with Crippen LogP contribution in [0.15, 0.2) is 24.3 Å². The Morgan fingerprint density at radius 2 is 2.30 bits per heavy atom. The molecule has 0 amide bonds. The highest BCUT2D eigenvalue weighted by Crippen LogP contribution is 2.34. The second-order valence-corrected chi connectivity index (χ2v) is 6.16. The number of carbonyl (C=O) groups is 1. The van der Waals surface area contributed by atoms with Crippen LogP contribution in [0.25, 0.3) is 0 Å². The van der Waals surface area contributed by atoms with Crippen LogP contribution in [-0.4, -0.2) is 18.6 Å². The van der Waals surface area contributed by atoms with Gasteiger partial charge >= 0.3 is 5.97 Å². The summed E-state index contributed by atoms with van der Waals surface area (Å²) in [5.74, 6) is -0.175. The van der Waals surface area contributed by atoms with Gasteiger partial charge in [-0.25, -0.2) is 0 Å². The second kappa shape index (κ2) is 6.59. The normalized spacial score (nSPS) is 26.2. The summed E-state index contributed by atoms with van der Waals surface area (Å²) in [6, 6.07) is 7.80. The lowest BCUT2D eigenvalue weighted by atomic mass is 9.73. The number of hydrogen-bond acceptors (Lipinski definition) is 3. The number of nitrogens with one attached hydrogen (secondary N) is 1. The van der Waals surface area contributed by atoms with Crippen molar-refractivity contribution >= 4 is 17.6 Å². The van der Waals surface area contributed by atoms with E-state index < -0.39 is 0 Å². The first-order valence-corrected chi connectivity index (χ1v) is 7.50. The van der Waals surface area contributed by atoms with Gasteiger partial charge in [0.25, 0.3) is 0 Å². The van der Waals surface area contributed by atoms with E-state index in [4.69, 9.17) is 16.3 Å². The topological polar surface area (TPSA) is 38.3 Å². The molecule has 4 heteroatoms. The Balaban J connectivity index is 2.06. The van der Waals surface area contributed by atoms with Crippen LogP contribution in [0.4, 0.5) is 0 Å². The van der Waals surface area contributed by atoms with Crippen LogP contribution < -0.4 is 5.32 Å². The van der Waals surface area contributed by atoms with Crippen molar-refractivity contribution in [2.45, 2.75) is 44.7 Å². The fourth-order valence-electron chi connectivity index (χ4n) is 3.02. The van der Waals surface area contributed by atoms with E-state index >= 15 is 0 Å². The summed E-state index contributed by atoms with van der Waals surface area (Å²) in [5.41, 5.74) is 0.932. The quantitative estimate of drug-likeness (QED) is 0.863. The molecule has 0 radical (unpaired) electrons. The van der Waals surface area contributed by atoms with E-state index in [0.29, 0.717) is 6.54 Å². The molecule has 2 unspecified atom stereocenters. The first-order valence-electron chi connectivity index (χ1n) is 7.12. The number of halogens is 1. The highest BCUT2D eigenvalue weighted by molar-refractivity contribution is 6.30. The van der Waals surface area contributed by atoms with E-state index in [1.54, 1.807) is 0 Å². The monoisotopic (exact) mass is 295 g/mol. The summed E-state index contributed by atoms with van der Waals surface area (Å²) in [6.45, 7) is 2.84. The number of rotatable bonds is 4. The minimum atomic E-state index is -0.201. The van der Waals surface area contributed by atoms with Crippen molar-refractivity contribution in [1.29, 1.82) is 0 Å². The van der Waals surface area contributed by atoms with Gasteiger partial charge in [0.1, 0.15) is 0 Å². The first kappa shape index (κ1) is 15.3. The van der Waals surface area contributed by atoms with Crippen LogP contribution in [0, 0.1) is 5.92 Å². The second-order valence-electron chi connectivity index (χ2n) is 5.72. The van der Waals surface area contributed by atoms with E-state index in [0.717, 1.165) is 36.3 Å². The third kappa shape index (κ3) is 3.53. The Kier molecular flexibility index (Phi) is 5.06. The van der Waals surface area contributed by atoms with Gasteiger partial charge in [-0.3, -0.25) is 4.79 Å². The number of hydrogen-bond donors (Lipinski definition) is 1. The third-order valence-electron chi connectivity index (χ3n) is 4.28. The molecule has 3 nitrogen and oxygen atoms in total. The minimum Gasteiger partial charge on any atom is -0.469 e. The van der Waals surface area contributed by atoms with Gasteiger partial charge in [0, 0.05) is 17.1 Å². The smallest absolute Gasteiger partial charge is 0.310 e. The van der Waals surface area contributed by atoms with Gasteiger partial charge in [0.2, 0.25) is 0 Å². The molecule has 0 aliphatic heterocycles. The van der Waals surface area contributed by atoms with Crippen molar-refractivity contribution in [2.75, 3.05) is 7.11 Å². The maximum absolute atomic E-state index is 12.0. The Bertz CT molecular complexity index is 477. The van der Waals surface area contributed by atoms with Gasteiger partial charge in [-0.1, -0.05) is 36.6 Å². The van der Waals surface area contributed by atoms with Gasteiger partial charge in [0.15, 0.2) is 0 Å². The van der Waals surface area contributed by atoms with Crippen LogP contribution in [0.5, 0.6) is 0 Å². The first-order chi connectivity index (χ1) is 9.55. The number of esters is 1. The van der Waals surface area contributed by atoms with Crippen LogP contribution in [0.2, 0.25) is 5.02 Å². The zero-order chi connectivity index (χ0) is 14.6. The average Bonchev–Trinajstić information content (AvgIpc) is 2.45. The third-order valence-corrected chi connectivity index (χ3v) is 4.51. The molecule has 1 N–H and O–H groups in total. The maximum Gasteiger partial charge on any atom is 0.310 e. The molecule has 1 aromatic rings. The molecular formula is C16H22ClNO2. The molecule has 2 rings (SSSR count). The summed E-state index contributed by atoms with van der Waals surface area (Å²) in [6.07, 6.45) is 4.12. The van der Waals surface area contributed by atoms with Crippen molar-refractivity contribution in [3.8, 4) is 0 Å². The number of benzene rings is 1. The summed E-state index contributed by atoms with van der Waals surface area (Å²) in [5, 5.41) is 4.29. The van der Waals surface area contributed by atoms with Crippen LogP contribution in [0.3, 0.4) is 0 Å². The molecule has 0 heterocycles. The molecule has 0 aromatic heterocycles. The zero-order valence-electron chi connectivity index (χ0n) is 12.1. The number of methoxy groups -OCH3 is 1. The predicted molar refractivity (Wildman–Crippen MR) is 80.7 cm³/mol. The minimum absolute atomic E-state index is 0.0690. The molecule has 20 heavy (non-hydrogen) atoms. The zero-order valence-corrected chi connectivity index (χ0v) is 12.9. The van der Waals surface area contributed by atoms with E-state index in [2.05, 4.69) is 12.2 Å². The van der Waals surface area contributed by atoms with Gasteiger partial charge in [-0.05, 0) is 37.5 Å². The van der Waals surface area contributed by atoms with E-state index in [1.165, 1.54) is 7.11 Å². The predicted octanol–water partition coefficient (Wildman–Crippen LogP) is 3.55. The van der Waals surface area contributed by atoms with Crippen molar-refractivity contribution in [1.82, 2.24) is 5.32 Å². The molecule has 1 aliphatic carbocycles. The molecule has 1 aromatic carbocycles. The van der Waals surface area contributed by atoms with Crippen LogP contribution in [0.1, 0.15) is 38.2 Å². The highest BCUT2D eigenvalue weighted by Gasteiger charge is 2.41. The summed E-state index contributed by atoms with van der Waals surface area (Å²) in [4.78, 5) is 12.0. The van der Waals surface area contributed by atoms with E-state index in [-0.39, 0.29) is 17.4 Å². The Hall–Kier alpha value is -1.06. The van der Waals surface area contributed by atoms with E-state index in [1.807, 2.05) is 24.3 Å². The van der Waals surface area contributed by atoms with Crippen molar-refractivity contribution in [3.63, 3.8) is 0 Å². The van der Waals surface area contributed by atoms with Crippen LogP contribution in [-0.2, 0) is 16.1 Å². The largest absolute Gasteiger partial charge is 0.469 e. The summed E-state index contributed by atoms with van der Waals surface area (Å²) < 4.78 is 4.96. The highest BCUT2D eigenvalue weighted by atomic mass is 35.5. The summed E-state index contributed by atoms with van der Waals surface area (Å²) >= 11 is 6.00. The molecule has 1 saturated carbocycles. The Morgan fingerprint density at radius 3 is 3.00 bits per heavy atom. The SMILES string of the molecule is COC(=O)C1CCCCC1(C)NCc1cccc(Cl)c1. The molecular weight excluding hydrogens is 274 g/mol. The molecule has 1 aliphatic rings. The lowest BCUT2D eigenvalue weighted by Gasteiger charge is -2.40. The number of ether oxygens (including phenoxy) is 1. The van der Waals surface area contributed by atoms with Gasteiger partial charge in [0.05, 0.1) is 13.0 Å². The Labute approximate surface area is 125 Å². The van der Waals surface area contributed by atoms with Crippen molar-refractivity contribution < 1.29 is 9.53 Å². The summed E-state index contributed by atoms with van der Waals surface area (Å²) in [7, 11) is 1.47. The van der Waals surface area contributed by atoms with Gasteiger partial charge in [-0.2, -0.15) is 0 Å². The molecule has 0 saturated heterocycles. The molecule has 2 atom stereocenters. The maximum atomic E-state index is 12.0. The molecule has 110 valence electrons. The Morgan fingerprint density at radius 1 is 1.50 bits per heavy atom. The van der Waals surface area contributed by atoms with Crippen LogP contribution >= 0.6 is 11.6 Å². The van der Waals surface area contributed by atoms with Crippen molar-refractivity contribution in [2.24, 2.45) is 5.92 Å². The number of carbonyl (C=O) groups excluding carboxylic acids is 1. The molecule has 0 bridgehead atoms. The fourth-order valence-corrected chi connectivity index (χ4v) is 3.23. The average molecular weight is 296 g/mol. The van der Waals surface area contributed by atoms with E-state index in [9.17, 15) is 4.79 Å². The fraction of sp³-hybridized carbons (Fsp3) is 0.562. The lowest BCUT2D eigenvalue weighted by molar-refractivity contribution is -0.149. The standard InChI is InChI=1S/C16H22ClNO2/c1-16(9-4-3-8-14(16)15(19)20-2)18-11-12-6-5-7-13(17)10-12/h5-7,10,14,18H,3-4,8-9,11H2,1-2H3. The molecule has 0 spiro atoms. The lowest BCUT2D eigenvalue weighted by Crippen LogP contribution is -2.53.